The molecule has 2 aromatic carbocycles. The zero-order valence-electron chi connectivity index (χ0n) is 13.1. The highest BCUT2D eigenvalue weighted by molar-refractivity contribution is 5.83. The van der Waals surface area contributed by atoms with Crippen LogP contribution in [0.5, 0.6) is 0 Å². The SMILES string of the molecule is CC(C)(C)OC(=O)N[C@@H](C=O)Cc1ccc2ccccc2c1. The summed E-state index contributed by atoms with van der Waals surface area (Å²) in [6, 6.07) is 13.4. The molecule has 1 amide bonds. The minimum Gasteiger partial charge on any atom is -0.444 e. The Hall–Kier alpha value is -2.36. The predicted molar refractivity (Wildman–Crippen MR) is 86.9 cm³/mol. The van der Waals surface area contributed by atoms with Crippen LogP contribution in [0.2, 0.25) is 0 Å². The third-order valence-electron chi connectivity index (χ3n) is 3.14. The standard InChI is InChI=1S/C18H21NO3/c1-18(2,3)22-17(21)19-16(12-20)11-13-8-9-14-6-4-5-7-15(14)10-13/h4-10,12,16H,11H2,1-3H3,(H,19,21)/t16-/m1/s1. The van der Waals surface area contributed by atoms with Gasteiger partial charge in [-0.3, -0.25) is 0 Å². The Morgan fingerprint density at radius 1 is 1.18 bits per heavy atom. The lowest BCUT2D eigenvalue weighted by Gasteiger charge is -2.21. The van der Waals surface area contributed by atoms with E-state index in [1.807, 2.05) is 42.5 Å². The van der Waals surface area contributed by atoms with Crippen molar-refractivity contribution in [1.82, 2.24) is 5.32 Å². The minimum atomic E-state index is -0.601. The average molecular weight is 299 g/mol. The molecule has 0 fully saturated rings. The second-order valence-electron chi connectivity index (χ2n) is 6.27. The Balaban J connectivity index is 2.05. The second-order valence-corrected chi connectivity index (χ2v) is 6.27. The number of ether oxygens (including phenoxy) is 1. The molecular formula is C18H21NO3. The molecule has 0 aliphatic rings. The van der Waals surface area contributed by atoms with Crippen molar-refractivity contribution in [3.63, 3.8) is 0 Å². The maximum absolute atomic E-state index is 11.7. The number of carbonyl (C=O) groups excluding carboxylic acids is 2. The molecule has 0 radical (unpaired) electrons. The first kappa shape index (κ1) is 16.0. The largest absolute Gasteiger partial charge is 0.444 e. The Morgan fingerprint density at radius 2 is 1.86 bits per heavy atom. The van der Waals surface area contributed by atoms with Gasteiger partial charge in [0.15, 0.2) is 0 Å². The number of fused-ring (bicyclic) bond motifs is 1. The summed E-state index contributed by atoms with van der Waals surface area (Å²) >= 11 is 0. The maximum atomic E-state index is 11.7. The molecule has 0 aromatic heterocycles. The van der Waals surface area contributed by atoms with Gasteiger partial charge in [0.1, 0.15) is 11.9 Å². The van der Waals surface area contributed by atoms with Crippen LogP contribution in [-0.4, -0.2) is 24.0 Å². The normalized spacial score (nSPS) is 12.7. The fourth-order valence-electron chi connectivity index (χ4n) is 2.21. The number of nitrogens with one attached hydrogen (secondary N) is 1. The van der Waals surface area contributed by atoms with Crippen molar-refractivity contribution in [3.05, 3.63) is 48.0 Å². The van der Waals surface area contributed by atoms with Gasteiger partial charge in [-0.05, 0) is 43.5 Å². The van der Waals surface area contributed by atoms with E-state index >= 15 is 0 Å². The Labute approximate surface area is 130 Å². The first-order valence-electron chi connectivity index (χ1n) is 7.30. The number of amides is 1. The van der Waals surface area contributed by atoms with Crippen LogP contribution < -0.4 is 5.32 Å². The summed E-state index contributed by atoms with van der Waals surface area (Å²) in [4.78, 5) is 22.9. The summed E-state index contributed by atoms with van der Waals surface area (Å²) in [5, 5.41) is 4.85. The monoisotopic (exact) mass is 299 g/mol. The predicted octanol–water partition coefficient (Wildman–Crippen LogP) is 3.47. The summed E-state index contributed by atoms with van der Waals surface area (Å²) in [6.45, 7) is 5.35. The quantitative estimate of drug-likeness (QED) is 0.879. The maximum Gasteiger partial charge on any atom is 0.408 e. The van der Waals surface area contributed by atoms with Gasteiger partial charge in [-0.2, -0.15) is 0 Å². The molecule has 1 N–H and O–H groups in total. The lowest BCUT2D eigenvalue weighted by molar-refractivity contribution is -0.109. The number of aldehydes is 1. The topological polar surface area (TPSA) is 55.4 Å². The van der Waals surface area contributed by atoms with E-state index in [-0.39, 0.29) is 0 Å². The zero-order chi connectivity index (χ0) is 16.2. The van der Waals surface area contributed by atoms with Crippen LogP contribution in [0.15, 0.2) is 42.5 Å². The van der Waals surface area contributed by atoms with Gasteiger partial charge >= 0.3 is 6.09 Å². The number of rotatable bonds is 4. The molecule has 116 valence electrons. The van der Waals surface area contributed by atoms with E-state index < -0.39 is 17.7 Å². The van der Waals surface area contributed by atoms with Gasteiger partial charge in [-0.1, -0.05) is 42.5 Å². The Morgan fingerprint density at radius 3 is 2.50 bits per heavy atom. The van der Waals surface area contributed by atoms with Crippen molar-refractivity contribution >= 4 is 23.2 Å². The molecule has 0 aliphatic heterocycles. The zero-order valence-corrected chi connectivity index (χ0v) is 13.1. The third-order valence-corrected chi connectivity index (χ3v) is 3.14. The van der Waals surface area contributed by atoms with E-state index in [1.165, 1.54) is 0 Å². The molecule has 0 aliphatic carbocycles. The molecule has 4 nitrogen and oxygen atoms in total. The molecule has 0 saturated heterocycles. The third kappa shape index (κ3) is 4.58. The van der Waals surface area contributed by atoms with Crippen LogP contribution in [-0.2, 0) is 16.0 Å². The number of carbonyl (C=O) groups is 2. The first-order valence-corrected chi connectivity index (χ1v) is 7.30. The van der Waals surface area contributed by atoms with E-state index in [9.17, 15) is 9.59 Å². The number of alkyl carbamates (subject to hydrolysis) is 1. The second kappa shape index (κ2) is 6.60. The van der Waals surface area contributed by atoms with Crippen molar-refractivity contribution in [2.45, 2.75) is 38.8 Å². The highest BCUT2D eigenvalue weighted by Gasteiger charge is 2.19. The summed E-state index contributed by atoms with van der Waals surface area (Å²) < 4.78 is 5.17. The number of hydrogen-bond donors (Lipinski definition) is 1. The van der Waals surface area contributed by atoms with E-state index in [4.69, 9.17) is 4.74 Å². The van der Waals surface area contributed by atoms with Crippen LogP contribution in [0.3, 0.4) is 0 Å². The first-order chi connectivity index (χ1) is 10.4. The molecule has 22 heavy (non-hydrogen) atoms. The molecule has 4 heteroatoms. The molecule has 1 atom stereocenters. The molecule has 0 heterocycles. The fourth-order valence-corrected chi connectivity index (χ4v) is 2.21. The van der Waals surface area contributed by atoms with Gasteiger partial charge in [0.25, 0.3) is 0 Å². The summed E-state index contributed by atoms with van der Waals surface area (Å²) in [7, 11) is 0. The van der Waals surface area contributed by atoms with Crippen LogP contribution in [0.4, 0.5) is 4.79 Å². The van der Waals surface area contributed by atoms with Crippen LogP contribution in [0.25, 0.3) is 10.8 Å². The van der Waals surface area contributed by atoms with Gasteiger partial charge in [-0.15, -0.1) is 0 Å². The van der Waals surface area contributed by atoms with Crippen molar-refractivity contribution in [1.29, 1.82) is 0 Å². The van der Waals surface area contributed by atoms with Crippen molar-refractivity contribution in [2.24, 2.45) is 0 Å². The summed E-state index contributed by atoms with van der Waals surface area (Å²) in [5.41, 5.74) is 0.410. The Bertz CT molecular complexity index is 673. The van der Waals surface area contributed by atoms with Crippen LogP contribution in [0.1, 0.15) is 26.3 Å². The minimum absolute atomic E-state index is 0.438. The summed E-state index contributed by atoms with van der Waals surface area (Å²) in [5.74, 6) is 0. The van der Waals surface area contributed by atoms with Crippen LogP contribution in [0, 0.1) is 0 Å². The number of benzene rings is 2. The van der Waals surface area contributed by atoms with Gasteiger partial charge in [0.2, 0.25) is 0 Å². The van der Waals surface area contributed by atoms with E-state index in [0.717, 1.165) is 22.6 Å². The molecule has 2 rings (SSSR count). The molecule has 0 spiro atoms. The van der Waals surface area contributed by atoms with Gasteiger partial charge in [-0.25, -0.2) is 4.79 Å². The molecule has 0 bridgehead atoms. The van der Waals surface area contributed by atoms with Gasteiger partial charge in [0, 0.05) is 0 Å². The smallest absolute Gasteiger partial charge is 0.408 e. The fraction of sp³-hybridized carbons (Fsp3) is 0.333. The van der Waals surface area contributed by atoms with E-state index in [0.29, 0.717) is 6.42 Å². The Kier molecular flexibility index (Phi) is 4.81. The molecule has 0 unspecified atom stereocenters. The molecule has 0 saturated carbocycles. The van der Waals surface area contributed by atoms with Crippen molar-refractivity contribution in [2.75, 3.05) is 0 Å². The van der Waals surface area contributed by atoms with Gasteiger partial charge < -0.3 is 14.8 Å². The highest BCUT2D eigenvalue weighted by atomic mass is 16.6. The van der Waals surface area contributed by atoms with Crippen LogP contribution >= 0.6 is 0 Å². The van der Waals surface area contributed by atoms with Crippen molar-refractivity contribution < 1.29 is 14.3 Å². The lowest BCUT2D eigenvalue weighted by atomic mass is 10.0. The summed E-state index contributed by atoms with van der Waals surface area (Å²) in [6.07, 6.45) is 0.595. The van der Waals surface area contributed by atoms with E-state index in [1.54, 1.807) is 20.8 Å². The lowest BCUT2D eigenvalue weighted by Crippen LogP contribution is -2.41. The van der Waals surface area contributed by atoms with E-state index in [2.05, 4.69) is 5.32 Å². The van der Waals surface area contributed by atoms with Crippen molar-refractivity contribution in [3.8, 4) is 0 Å². The molecule has 2 aromatic rings. The number of hydrogen-bond acceptors (Lipinski definition) is 3. The highest BCUT2D eigenvalue weighted by Crippen LogP contribution is 2.16. The molecular weight excluding hydrogens is 278 g/mol. The van der Waals surface area contributed by atoms with Gasteiger partial charge in [0.05, 0.1) is 6.04 Å². The average Bonchev–Trinajstić information content (AvgIpc) is 2.44.